The minimum atomic E-state index is -0.211. The van der Waals surface area contributed by atoms with Crippen LogP contribution in [-0.2, 0) is 16.1 Å². The first kappa shape index (κ1) is 28.8. The lowest BCUT2D eigenvalue weighted by Gasteiger charge is -2.05. The van der Waals surface area contributed by atoms with Gasteiger partial charge >= 0.3 is 11.1 Å². The summed E-state index contributed by atoms with van der Waals surface area (Å²) in [7, 11) is 1.65. The number of aliphatic imine (C=N–C) groups is 1. The number of ether oxygens (including phenoxy) is 2. The Bertz CT molecular complexity index is 1090. The molecule has 0 unspecified atom stereocenters. The van der Waals surface area contributed by atoms with Gasteiger partial charge in [0.1, 0.15) is 17.5 Å². The molecule has 0 saturated heterocycles. The lowest BCUT2D eigenvalue weighted by molar-refractivity contribution is -0.643. The number of hydrogen-bond acceptors (Lipinski definition) is 5. The van der Waals surface area contributed by atoms with Crippen LogP contribution in [-0.4, -0.2) is 25.9 Å². The summed E-state index contributed by atoms with van der Waals surface area (Å²) in [6.45, 7) is 2.92. The molecule has 0 aliphatic heterocycles. The van der Waals surface area contributed by atoms with Gasteiger partial charge in [-0.1, -0.05) is 89.7 Å². The van der Waals surface area contributed by atoms with Crippen LogP contribution in [0.25, 0.3) is 10.2 Å². The van der Waals surface area contributed by atoms with Crippen LogP contribution in [0.15, 0.2) is 53.5 Å². The van der Waals surface area contributed by atoms with Gasteiger partial charge in [-0.2, -0.15) is 0 Å². The molecule has 5 nitrogen and oxygen atoms in total. The van der Waals surface area contributed by atoms with Gasteiger partial charge in [0.2, 0.25) is 0 Å². The van der Waals surface area contributed by atoms with Crippen molar-refractivity contribution >= 4 is 38.9 Å². The summed E-state index contributed by atoms with van der Waals surface area (Å²) < 4.78 is 13.8. The average molecular weight is 524 g/mol. The molecular weight excluding hydrogens is 480 g/mol. The van der Waals surface area contributed by atoms with Crippen molar-refractivity contribution in [2.24, 2.45) is 4.99 Å². The number of para-hydroxylation sites is 1. The zero-order valence-electron chi connectivity index (χ0n) is 22.6. The topological polar surface area (TPSA) is 51.8 Å². The van der Waals surface area contributed by atoms with E-state index in [0.717, 1.165) is 39.5 Å². The molecular formula is C31H43N2O3S+. The third-order valence-electron chi connectivity index (χ3n) is 6.58. The summed E-state index contributed by atoms with van der Waals surface area (Å²) in [5.41, 5.74) is 1.97. The lowest BCUT2D eigenvalue weighted by atomic mass is 10.1. The third kappa shape index (κ3) is 10.3. The second kappa shape index (κ2) is 16.9. The van der Waals surface area contributed by atoms with Gasteiger partial charge in [-0.15, -0.1) is 0 Å². The molecule has 0 aliphatic rings. The molecule has 0 bridgehead atoms. The number of fused-ring (bicyclic) bond motifs is 1. The van der Waals surface area contributed by atoms with Crippen molar-refractivity contribution in [3.05, 3.63) is 54.1 Å². The number of aromatic nitrogens is 1. The van der Waals surface area contributed by atoms with Crippen molar-refractivity contribution < 1.29 is 18.8 Å². The van der Waals surface area contributed by atoms with Gasteiger partial charge in [0, 0.05) is 5.56 Å². The number of carbonyl (C=O) groups is 1. The Hall–Kier alpha value is -2.73. The van der Waals surface area contributed by atoms with Crippen LogP contribution in [0.1, 0.15) is 89.5 Å². The highest BCUT2D eigenvalue weighted by Crippen LogP contribution is 2.26. The van der Waals surface area contributed by atoms with Crippen molar-refractivity contribution in [3.63, 3.8) is 0 Å². The third-order valence-corrected chi connectivity index (χ3v) is 7.65. The van der Waals surface area contributed by atoms with Crippen LogP contribution in [0.5, 0.6) is 5.75 Å². The molecule has 2 aromatic carbocycles. The maximum absolute atomic E-state index is 12.6. The molecule has 1 aromatic heterocycles. The van der Waals surface area contributed by atoms with E-state index < -0.39 is 0 Å². The van der Waals surface area contributed by atoms with E-state index in [2.05, 4.69) is 13.0 Å². The van der Waals surface area contributed by atoms with E-state index in [1.165, 1.54) is 64.2 Å². The van der Waals surface area contributed by atoms with E-state index in [9.17, 15) is 4.79 Å². The first-order valence-electron chi connectivity index (χ1n) is 14.0. The van der Waals surface area contributed by atoms with E-state index in [4.69, 9.17) is 14.5 Å². The maximum atomic E-state index is 12.6. The standard InChI is InChI=1S/C31H43N2O3S/c1-3-4-5-6-7-8-9-10-11-12-13-16-23-36-30(34)25-33-28-17-14-15-18-29(28)37-31(33)32-24-26-19-21-27(35-2)22-20-26/h14-15,17-22,24H,3-13,16,23,25H2,1-2H3/q+1. The van der Waals surface area contributed by atoms with Crippen molar-refractivity contribution in [3.8, 4) is 5.75 Å². The normalized spacial score (nSPS) is 11.4. The highest BCUT2D eigenvalue weighted by atomic mass is 32.1. The molecule has 0 fully saturated rings. The van der Waals surface area contributed by atoms with Gasteiger partial charge in [-0.3, -0.25) is 0 Å². The molecule has 37 heavy (non-hydrogen) atoms. The SMILES string of the molecule is CCCCCCCCCCCCCCOC(=O)C[n+]1c(N=Cc2ccc(OC)cc2)sc2ccccc21. The fourth-order valence-electron chi connectivity index (χ4n) is 4.40. The van der Waals surface area contributed by atoms with E-state index in [1.54, 1.807) is 18.4 Å². The van der Waals surface area contributed by atoms with Crippen LogP contribution < -0.4 is 9.30 Å². The van der Waals surface area contributed by atoms with Gasteiger partial charge in [0.05, 0.1) is 18.4 Å². The Balaban J connectivity index is 1.40. The van der Waals surface area contributed by atoms with E-state index in [1.807, 2.05) is 53.2 Å². The van der Waals surface area contributed by atoms with Crippen molar-refractivity contribution in [2.75, 3.05) is 13.7 Å². The van der Waals surface area contributed by atoms with Crippen LogP contribution in [0, 0.1) is 0 Å². The van der Waals surface area contributed by atoms with Gasteiger partial charge in [-0.25, -0.2) is 9.36 Å². The van der Waals surface area contributed by atoms with Gasteiger partial charge < -0.3 is 9.47 Å². The Kier molecular flexibility index (Phi) is 13.2. The molecule has 3 aromatic rings. The maximum Gasteiger partial charge on any atom is 0.383 e. The smallest absolute Gasteiger partial charge is 0.383 e. The fraction of sp³-hybridized carbons (Fsp3) is 0.516. The van der Waals surface area contributed by atoms with E-state index >= 15 is 0 Å². The lowest BCUT2D eigenvalue weighted by Crippen LogP contribution is -2.37. The van der Waals surface area contributed by atoms with Crippen molar-refractivity contribution in [1.82, 2.24) is 0 Å². The summed E-state index contributed by atoms with van der Waals surface area (Å²) >= 11 is 1.57. The second-order valence-corrected chi connectivity index (χ2v) is 10.6. The Morgan fingerprint density at radius 1 is 0.865 bits per heavy atom. The molecule has 0 saturated carbocycles. The Morgan fingerprint density at radius 3 is 2.14 bits per heavy atom. The minimum absolute atomic E-state index is 0.164. The first-order valence-corrected chi connectivity index (χ1v) is 14.8. The number of rotatable bonds is 18. The molecule has 0 radical (unpaired) electrons. The zero-order chi connectivity index (χ0) is 26.1. The van der Waals surface area contributed by atoms with Gasteiger partial charge in [0.15, 0.2) is 6.54 Å². The number of unbranched alkanes of at least 4 members (excludes halogenated alkanes) is 11. The number of carbonyl (C=O) groups excluding carboxylic acids is 1. The molecule has 6 heteroatoms. The number of thiazole rings is 1. The number of nitrogens with zero attached hydrogens (tertiary/aromatic N) is 2. The molecule has 0 N–H and O–H groups in total. The number of methoxy groups -OCH3 is 1. The largest absolute Gasteiger partial charge is 0.497 e. The van der Waals surface area contributed by atoms with Crippen LogP contribution in [0.2, 0.25) is 0 Å². The molecule has 0 amide bonds. The quantitative estimate of drug-likeness (QED) is 0.0731. The molecule has 1 heterocycles. The highest BCUT2D eigenvalue weighted by Gasteiger charge is 2.21. The summed E-state index contributed by atoms with van der Waals surface area (Å²) in [6, 6.07) is 15.8. The Morgan fingerprint density at radius 2 is 1.49 bits per heavy atom. The summed E-state index contributed by atoms with van der Waals surface area (Å²) in [4.78, 5) is 17.3. The van der Waals surface area contributed by atoms with Gasteiger partial charge in [0.25, 0.3) is 0 Å². The predicted molar refractivity (Wildman–Crippen MR) is 154 cm³/mol. The van der Waals surface area contributed by atoms with Gasteiger partial charge in [-0.05, 0) is 59.1 Å². The molecule has 3 rings (SSSR count). The van der Waals surface area contributed by atoms with Crippen molar-refractivity contribution in [1.29, 1.82) is 0 Å². The number of esters is 1. The monoisotopic (exact) mass is 523 g/mol. The summed E-state index contributed by atoms with van der Waals surface area (Å²) in [5, 5.41) is 0.777. The number of hydrogen-bond donors (Lipinski definition) is 0. The first-order chi connectivity index (χ1) is 18.2. The summed E-state index contributed by atoms with van der Waals surface area (Å²) in [6.07, 6.45) is 17.3. The summed E-state index contributed by atoms with van der Waals surface area (Å²) in [5.74, 6) is 0.600. The number of benzene rings is 2. The van der Waals surface area contributed by atoms with Crippen LogP contribution >= 0.6 is 11.3 Å². The second-order valence-electron chi connectivity index (χ2n) is 9.58. The highest BCUT2D eigenvalue weighted by molar-refractivity contribution is 7.21. The van der Waals surface area contributed by atoms with Crippen LogP contribution in [0.4, 0.5) is 5.13 Å². The minimum Gasteiger partial charge on any atom is -0.497 e. The average Bonchev–Trinajstić information content (AvgIpc) is 3.27. The molecule has 0 aliphatic carbocycles. The van der Waals surface area contributed by atoms with E-state index in [0.29, 0.717) is 6.61 Å². The predicted octanol–water partition coefficient (Wildman–Crippen LogP) is 8.19. The Labute approximate surface area is 226 Å². The van der Waals surface area contributed by atoms with E-state index in [-0.39, 0.29) is 12.5 Å². The fourth-order valence-corrected chi connectivity index (χ4v) is 5.40. The molecule has 200 valence electrons. The van der Waals surface area contributed by atoms with Crippen LogP contribution in [0.3, 0.4) is 0 Å². The zero-order valence-corrected chi connectivity index (χ0v) is 23.4. The molecule has 0 spiro atoms. The van der Waals surface area contributed by atoms with Crippen molar-refractivity contribution in [2.45, 2.75) is 90.5 Å². The molecule has 0 atom stereocenters.